The molecule has 0 fully saturated rings. The Kier molecular flexibility index (Phi) is 4.21. The number of aliphatic imine (C=N–C) groups is 1. The number of benzene rings is 2. The van der Waals surface area contributed by atoms with E-state index in [2.05, 4.69) is 43.6 Å². The van der Waals surface area contributed by atoms with Crippen molar-refractivity contribution in [3.63, 3.8) is 0 Å². The second kappa shape index (κ2) is 5.87. The van der Waals surface area contributed by atoms with Gasteiger partial charge in [-0.1, -0.05) is 50.2 Å². The van der Waals surface area contributed by atoms with E-state index >= 15 is 0 Å². The van der Waals surface area contributed by atoms with Crippen LogP contribution < -0.4 is 0 Å². The lowest BCUT2D eigenvalue weighted by Gasteiger charge is -2.10. The molecular formula is C16H17NS. The van der Waals surface area contributed by atoms with Gasteiger partial charge in [0.25, 0.3) is 0 Å². The predicted octanol–water partition coefficient (Wildman–Crippen LogP) is 4.85. The highest BCUT2D eigenvalue weighted by Crippen LogP contribution is 2.25. The summed E-state index contributed by atoms with van der Waals surface area (Å²) in [5, 5.41) is 0. The number of nitrogens with zero attached hydrogens (tertiary/aromatic N) is 1. The molecule has 2 aromatic carbocycles. The summed E-state index contributed by atoms with van der Waals surface area (Å²) in [6.45, 7) is 4.35. The van der Waals surface area contributed by atoms with E-state index in [0.717, 1.165) is 16.1 Å². The fourth-order valence-corrected chi connectivity index (χ4v) is 2.27. The average molecular weight is 255 g/mol. The van der Waals surface area contributed by atoms with Crippen LogP contribution in [0.5, 0.6) is 0 Å². The summed E-state index contributed by atoms with van der Waals surface area (Å²) in [6.07, 6.45) is 1.88. The maximum absolute atomic E-state index is 4.61. The van der Waals surface area contributed by atoms with Crippen molar-refractivity contribution in [3.05, 3.63) is 59.7 Å². The zero-order valence-corrected chi connectivity index (χ0v) is 11.6. The Balaban J connectivity index is 2.30. The third-order valence-corrected chi connectivity index (χ3v) is 3.35. The van der Waals surface area contributed by atoms with Crippen molar-refractivity contribution in [2.45, 2.75) is 24.7 Å². The first kappa shape index (κ1) is 12.9. The van der Waals surface area contributed by atoms with Crippen LogP contribution >= 0.6 is 12.6 Å². The van der Waals surface area contributed by atoms with Crippen LogP contribution in [0.15, 0.2) is 58.4 Å². The number of para-hydroxylation sites is 1. The number of rotatable bonds is 3. The lowest BCUT2D eigenvalue weighted by atomic mass is 10.0. The highest BCUT2D eigenvalue weighted by molar-refractivity contribution is 7.80. The molecule has 0 aliphatic rings. The molecule has 2 heteroatoms. The summed E-state index contributed by atoms with van der Waals surface area (Å²) in [6, 6.07) is 16.1. The summed E-state index contributed by atoms with van der Waals surface area (Å²) in [5.41, 5.74) is 3.28. The smallest absolute Gasteiger partial charge is 0.0629 e. The van der Waals surface area contributed by atoms with Gasteiger partial charge in [0.2, 0.25) is 0 Å². The molecule has 0 radical (unpaired) electrons. The monoisotopic (exact) mass is 255 g/mol. The second-order valence-electron chi connectivity index (χ2n) is 4.53. The number of hydrogen-bond acceptors (Lipinski definition) is 2. The molecule has 0 saturated heterocycles. The predicted molar refractivity (Wildman–Crippen MR) is 81.5 cm³/mol. The van der Waals surface area contributed by atoms with Crippen molar-refractivity contribution in [3.8, 4) is 0 Å². The minimum absolute atomic E-state index is 0.475. The van der Waals surface area contributed by atoms with Crippen molar-refractivity contribution in [1.82, 2.24) is 0 Å². The molecule has 0 aromatic heterocycles. The molecular weight excluding hydrogens is 238 g/mol. The molecule has 0 unspecified atom stereocenters. The summed E-state index contributed by atoms with van der Waals surface area (Å²) in [5.74, 6) is 0.475. The summed E-state index contributed by atoms with van der Waals surface area (Å²) >= 11 is 4.61. The minimum atomic E-state index is 0.475. The van der Waals surface area contributed by atoms with Crippen molar-refractivity contribution >= 4 is 24.5 Å². The molecule has 0 atom stereocenters. The minimum Gasteiger partial charge on any atom is -0.256 e. The summed E-state index contributed by atoms with van der Waals surface area (Å²) in [7, 11) is 0. The lowest BCUT2D eigenvalue weighted by molar-refractivity contribution is 0.842. The van der Waals surface area contributed by atoms with Crippen molar-refractivity contribution in [2.75, 3.05) is 0 Å². The molecule has 2 rings (SSSR count). The van der Waals surface area contributed by atoms with E-state index in [9.17, 15) is 0 Å². The maximum atomic E-state index is 4.61. The van der Waals surface area contributed by atoms with Crippen molar-refractivity contribution in [1.29, 1.82) is 0 Å². The first-order chi connectivity index (χ1) is 8.68. The van der Waals surface area contributed by atoms with Gasteiger partial charge in [-0.05, 0) is 23.6 Å². The van der Waals surface area contributed by atoms with E-state index in [1.165, 1.54) is 5.56 Å². The van der Waals surface area contributed by atoms with E-state index in [1.807, 2.05) is 42.6 Å². The zero-order chi connectivity index (χ0) is 13.0. The van der Waals surface area contributed by atoms with Crippen LogP contribution in [0.3, 0.4) is 0 Å². The Hall–Kier alpha value is -1.54. The van der Waals surface area contributed by atoms with Crippen LogP contribution in [0.4, 0.5) is 5.69 Å². The molecule has 0 aliphatic carbocycles. The first-order valence-corrected chi connectivity index (χ1v) is 6.54. The molecule has 2 aromatic rings. The summed E-state index contributed by atoms with van der Waals surface area (Å²) in [4.78, 5) is 5.48. The Morgan fingerprint density at radius 3 is 2.39 bits per heavy atom. The van der Waals surface area contributed by atoms with Gasteiger partial charge in [0.05, 0.1) is 5.69 Å². The largest absolute Gasteiger partial charge is 0.256 e. The lowest BCUT2D eigenvalue weighted by Crippen LogP contribution is -1.93. The van der Waals surface area contributed by atoms with Gasteiger partial charge in [0, 0.05) is 16.7 Å². The van der Waals surface area contributed by atoms with E-state index in [-0.39, 0.29) is 0 Å². The van der Waals surface area contributed by atoms with Gasteiger partial charge in [-0.2, -0.15) is 0 Å². The Morgan fingerprint density at radius 1 is 1.00 bits per heavy atom. The third kappa shape index (κ3) is 3.02. The molecule has 0 heterocycles. The average Bonchev–Trinajstić information content (AvgIpc) is 2.38. The molecule has 0 aliphatic heterocycles. The van der Waals surface area contributed by atoms with Crippen molar-refractivity contribution < 1.29 is 0 Å². The van der Waals surface area contributed by atoms with Gasteiger partial charge in [-0.15, -0.1) is 12.6 Å². The maximum Gasteiger partial charge on any atom is 0.0629 e. The molecule has 0 bridgehead atoms. The number of thiol groups is 1. The van der Waals surface area contributed by atoms with Gasteiger partial charge in [-0.25, -0.2) is 0 Å². The van der Waals surface area contributed by atoms with Crippen LogP contribution in [0.1, 0.15) is 30.9 Å². The van der Waals surface area contributed by atoms with Crippen LogP contribution in [0.2, 0.25) is 0 Å². The zero-order valence-electron chi connectivity index (χ0n) is 10.7. The first-order valence-electron chi connectivity index (χ1n) is 6.09. The Labute approximate surface area is 114 Å². The normalized spacial score (nSPS) is 11.3. The molecule has 0 amide bonds. The van der Waals surface area contributed by atoms with E-state index in [4.69, 9.17) is 0 Å². The van der Waals surface area contributed by atoms with Gasteiger partial charge in [0.1, 0.15) is 0 Å². The standard InChI is InChI=1S/C16H17NS/c1-12(2)15-10-6-7-13(16(15)18)11-17-14-8-4-3-5-9-14/h3-12,18H,1-2H3. The number of hydrogen-bond donors (Lipinski definition) is 1. The SMILES string of the molecule is CC(C)c1cccc(C=Nc2ccccc2)c1S. The molecule has 18 heavy (non-hydrogen) atoms. The van der Waals surface area contributed by atoms with Gasteiger partial charge >= 0.3 is 0 Å². The van der Waals surface area contributed by atoms with E-state index in [1.54, 1.807) is 0 Å². The molecule has 0 saturated carbocycles. The quantitative estimate of drug-likeness (QED) is 0.594. The molecule has 0 N–H and O–H groups in total. The Bertz CT molecular complexity index is 544. The van der Waals surface area contributed by atoms with Gasteiger partial charge < -0.3 is 0 Å². The molecule has 1 nitrogen and oxygen atoms in total. The van der Waals surface area contributed by atoms with Crippen LogP contribution in [0.25, 0.3) is 0 Å². The van der Waals surface area contributed by atoms with Crippen LogP contribution in [-0.2, 0) is 0 Å². The highest BCUT2D eigenvalue weighted by Gasteiger charge is 2.06. The van der Waals surface area contributed by atoms with E-state index < -0.39 is 0 Å². The second-order valence-corrected chi connectivity index (χ2v) is 4.98. The highest BCUT2D eigenvalue weighted by atomic mass is 32.1. The van der Waals surface area contributed by atoms with Gasteiger partial charge in [0.15, 0.2) is 0 Å². The van der Waals surface area contributed by atoms with Crippen LogP contribution in [0, 0.1) is 0 Å². The molecule has 0 spiro atoms. The third-order valence-electron chi connectivity index (χ3n) is 2.83. The molecule has 92 valence electrons. The fraction of sp³-hybridized carbons (Fsp3) is 0.188. The van der Waals surface area contributed by atoms with Gasteiger partial charge in [-0.3, -0.25) is 4.99 Å². The topological polar surface area (TPSA) is 12.4 Å². The fourth-order valence-electron chi connectivity index (χ4n) is 1.81. The Morgan fingerprint density at radius 2 is 1.72 bits per heavy atom. The van der Waals surface area contributed by atoms with E-state index in [0.29, 0.717) is 5.92 Å². The summed E-state index contributed by atoms with van der Waals surface area (Å²) < 4.78 is 0. The van der Waals surface area contributed by atoms with Crippen LogP contribution in [-0.4, -0.2) is 6.21 Å². The van der Waals surface area contributed by atoms with Crippen molar-refractivity contribution in [2.24, 2.45) is 4.99 Å².